The molecule has 1 amide bonds. The summed E-state index contributed by atoms with van der Waals surface area (Å²) in [5.41, 5.74) is -0.473. The molecular formula is C18H39N5O. The lowest BCUT2D eigenvalue weighted by molar-refractivity contribution is -0.128. The minimum Gasteiger partial charge on any atom is -0.356 e. The Bertz CT molecular complexity index is 378. The Morgan fingerprint density at radius 2 is 1.79 bits per heavy atom. The molecule has 0 rings (SSSR count). The Morgan fingerprint density at radius 3 is 2.29 bits per heavy atom. The van der Waals surface area contributed by atoms with E-state index in [1.807, 2.05) is 20.8 Å². The Balaban J connectivity index is 4.25. The summed E-state index contributed by atoms with van der Waals surface area (Å²) in [5.74, 6) is 0.808. The third-order valence-electron chi connectivity index (χ3n) is 4.26. The summed E-state index contributed by atoms with van der Waals surface area (Å²) in [5, 5.41) is 9.55. The highest BCUT2D eigenvalue weighted by Gasteiger charge is 2.27. The van der Waals surface area contributed by atoms with Crippen molar-refractivity contribution in [1.82, 2.24) is 20.9 Å². The summed E-state index contributed by atoms with van der Waals surface area (Å²) >= 11 is 0. The van der Waals surface area contributed by atoms with E-state index in [0.717, 1.165) is 38.4 Å². The smallest absolute Gasteiger partial charge is 0.227 e. The van der Waals surface area contributed by atoms with Crippen LogP contribution in [0.25, 0.3) is 0 Å². The first-order chi connectivity index (χ1) is 11.3. The molecule has 0 aliphatic heterocycles. The van der Waals surface area contributed by atoms with Gasteiger partial charge in [0.05, 0.1) is 5.41 Å². The first-order valence-electron chi connectivity index (χ1n) is 9.28. The van der Waals surface area contributed by atoms with Crippen LogP contribution in [0.5, 0.6) is 0 Å². The van der Waals surface area contributed by atoms with E-state index < -0.39 is 5.41 Å². The average Bonchev–Trinajstić information content (AvgIpc) is 2.55. The number of aliphatic imine (C=N–C) groups is 1. The minimum absolute atomic E-state index is 0.0558. The highest BCUT2D eigenvalue weighted by molar-refractivity contribution is 5.84. The van der Waals surface area contributed by atoms with Crippen LogP contribution in [0.2, 0.25) is 0 Å². The molecule has 0 fully saturated rings. The zero-order valence-electron chi connectivity index (χ0n) is 16.8. The molecule has 0 aromatic carbocycles. The molecule has 0 saturated heterocycles. The molecule has 142 valence electrons. The maximum atomic E-state index is 12.0. The number of guanidine groups is 1. The van der Waals surface area contributed by atoms with Gasteiger partial charge in [0.15, 0.2) is 5.96 Å². The monoisotopic (exact) mass is 341 g/mol. The second-order valence-electron chi connectivity index (χ2n) is 6.88. The van der Waals surface area contributed by atoms with Gasteiger partial charge in [0.1, 0.15) is 0 Å². The zero-order valence-corrected chi connectivity index (χ0v) is 16.8. The normalized spacial score (nSPS) is 13.8. The number of rotatable bonds is 11. The maximum Gasteiger partial charge on any atom is 0.227 e. The molecule has 24 heavy (non-hydrogen) atoms. The molecular weight excluding hydrogens is 302 g/mol. The summed E-state index contributed by atoms with van der Waals surface area (Å²) in [4.78, 5) is 18.7. The maximum absolute atomic E-state index is 12.0. The van der Waals surface area contributed by atoms with E-state index in [1.165, 1.54) is 0 Å². The van der Waals surface area contributed by atoms with Crippen LogP contribution >= 0.6 is 0 Å². The third-order valence-corrected chi connectivity index (χ3v) is 4.26. The second kappa shape index (κ2) is 12.1. The molecule has 0 aromatic heterocycles. The van der Waals surface area contributed by atoms with Gasteiger partial charge >= 0.3 is 0 Å². The molecule has 0 bridgehead atoms. The van der Waals surface area contributed by atoms with E-state index in [9.17, 15) is 4.79 Å². The van der Waals surface area contributed by atoms with Gasteiger partial charge in [0.25, 0.3) is 0 Å². The molecule has 0 aliphatic rings. The van der Waals surface area contributed by atoms with Gasteiger partial charge in [-0.2, -0.15) is 0 Å². The number of hydrogen-bond donors (Lipinski definition) is 3. The van der Waals surface area contributed by atoms with Crippen molar-refractivity contribution in [3.8, 4) is 0 Å². The van der Waals surface area contributed by atoms with Gasteiger partial charge in [0.2, 0.25) is 5.91 Å². The van der Waals surface area contributed by atoms with Gasteiger partial charge in [-0.1, -0.05) is 13.8 Å². The lowest BCUT2D eigenvalue weighted by atomic mass is 9.92. The summed E-state index contributed by atoms with van der Waals surface area (Å²) in [7, 11) is 1.76. The minimum atomic E-state index is -0.473. The molecule has 0 radical (unpaired) electrons. The summed E-state index contributed by atoms with van der Waals surface area (Å²) in [6.45, 7) is 16.9. The van der Waals surface area contributed by atoms with E-state index in [4.69, 9.17) is 0 Å². The molecule has 0 saturated carbocycles. The Kier molecular flexibility index (Phi) is 11.5. The van der Waals surface area contributed by atoms with Gasteiger partial charge in [-0.15, -0.1) is 0 Å². The van der Waals surface area contributed by atoms with E-state index in [1.54, 1.807) is 7.05 Å². The second-order valence-corrected chi connectivity index (χ2v) is 6.88. The van der Waals surface area contributed by atoms with E-state index in [2.05, 4.69) is 46.6 Å². The summed E-state index contributed by atoms with van der Waals surface area (Å²) in [6.07, 6.45) is 2.26. The van der Waals surface area contributed by atoms with E-state index in [0.29, 0.717) is 19.1 Å². The van der Waals surface area contributed by atoms with Crippen LogP contribution in [-0.2, 0) is 4.79 Å². The summed E-state index contributed by atoms with van der Waals surface area (Å²) < 4.78 is 0. The predicted molar refractivity (Wildman–Crippen MR) is 103 cm³/mol. The number of nitrogens with zero attached hydrogens (tertiary/aromatic N) is 2. The number of amides is 1. The van der Waals surface area contributed by atoms with Crippen LogP contribution in [0, 0.1) is 5.41 Å². The van der Waals surface area contributed by atoms with Gasteiger partial charge < -0.3 is 20.9 Å². The standard InChI is InChI=1S/C18H39N5O/c1-8-20-16(24)18(5,6)14-21-17(19-7)22-15(4)12-11-13-23(9-2)10-3/h15H,8-14H2,1-7H3,(H,20,24)(H2,19,21,22). The Hall–Kier alpha value is -1.30. The quantitative estimate of drug-likeness (QED) is 0.396. The van der Waals surface area contributed by atoms with Gasteiger partial charge in [-0.25, -0.2) is 0 Å². The first kappa shape index (κ1) is 22.7. The summed E-state index contributed by atoms with van der Waals surface area (Å²) in [6, 6.07) is 0.347. The third kappa shape index (κ3) is 9.11. The molecule has 6 heteroatoms. The van der Waals surface area contributed by atoms with Crippen LogP contribution in [0.1, 0.15) is 54.4 Å². The molecule has 0 aliphatic carbocycles. The Morgan fingerprint density at radius 1 is 1.17 bits per heavy atom. The van der Waals surface area contributed by atoms with Gasteiger partial charge in [0, 0.05) is 26.2 Å². The van der Waals surface area contributed by atoms with Crippen molar-refractivity contribution in [2.24, 2.45) is 10.4 Å². The lowest BCUT2D eigenvalue weighted by Crippen LogP contribution is -2.49. The highest BCUT2D eigenvalue weighted by Crippen LogP contribution is 2.13. The number of carbonyl (C=O) groups excluding carboxylic acids is 1. The lowest BCUT2D eigenvalue weighted by Gasteiger charge is -2.26. The average molecular weight is 342 g/mol. The zero-order chi connectivity index (χ0) is 18.6. The van der Waals surface area contributed by atoms with E-state index >= 15 is 0 Å². The largest absolute Gasteiger partial charge is 0.356 e. The number of nitrogens with one attached hydrogen (secondary N) is 3. The molecule has 0 aromatic rings. The molecule has 1 atom stereocenters. The van der Waals surface area contributed by atoms with Crippen LogP contribution in [0.4, 0.5) is 0 Å². The molecule has 1 unspecified atom stereocenters. The van der Waals surface area contributed by atoms with Crippen LogP contribution in [0.3, 0.4) is 0 Å². The van der Waals surface area contributed by atoms with Gasteiger partial charge in [-0.3, -0.25) is 9.79 Å². The fourth-order valence-corrected chi connectivity index (χ4v) is 2.45. The van der Waals surface area contributed by atoms with Crippen molar-refractivity contribution >= 4 is 11.9 Å². The number of hydrogen-bond acceptors (Lipinski definition) is 3. The van der Waals surface area contributed by atoms with Crippen molar-refractivity contribution in [2.45, 2.75) is 60.4 Å². The molecule has 0 heterocycles. The van der Waals surface area contributed by atoms with Crippen molar-refractivity contribution in [3.05, 3.63) is 0 Å². The van der Waals surface area contributed by atoms with Gasteiger partial charge in [-0.05, 0) is 60.2 Å². The van der Waals surface area contributed by atoms with Crippen molar-refractivity contribution in [1.29, 1.82) is 0 Å². The fourth-order valence-electron chi connectivity index (χ4n) is 2.45. The molecule has 6 nitrogen and oxygen atoms in total. The SMILES string of the molecule is CCNC(=O)C(C)(C)CNC(=NC)NC(C)CCCN(CC)CC. The van der Waals surface area contributed by atoms with Crippen LogP contribution in [0.15, 0.2) is 4.99 Å². The number of carbonyl (C=O) groups is 1. The fraction of sp³-hybridized carbons (Fsp3) is 0.889. The van der Waals surface area contributed by atoms with Crippen molar-refractivity contribution in [2.75, 3.05) is 39.8 Å². The topological polar surface area (TPSA) is 68.8 Å². The Labute approximate surface area is 148 Å². The van der Waals surface area contributed by atoms with E-state index in [-0.39, 0.29) is 5.91 Å². The van der Waals surface area contributed by atoms with Crippen molar-refractivity contribution < 1.29 is 4.79 Å². The van der Waals surface area contributed by atoms with Crippen LogP contribution in [-0.4, -0.2) is 62.6 Å². The van der Waals surface area contributed by atoms with Crippen LogP contribution < -0.4 is 16.0 Å². The predicted octanol–water partition coefficient (Wildman–Crippen LogP) is 1.82. The highest BCUT2D eigenvalue weighted by atomic mass is 16.2. The first-order valence-corrected chi connectivity index (χ1v) is 9.28. The van der Waals surface area contributed by atoms with Crippen molar-refractivity contribution in [3.63, 3.8) is 0 Å². The molecule has 0 spiro atoms. The molecule has 3 N–H and O–H groups in total.